The Morgan fingerprint density at radius 2 is 0.702 bits per heavy atom. The minimum absolute atomic E-state index is 0.111. The molecule has 0 heterocycles. The monoisotopic (exact) mass is 805 g/mol. The van der Waals surface area contributed by atoms with Crippen LogP contribution in [0.15, 0.2) is 48.5 Å². The van der Waals surface area contributed by atoms with E-state index in [0.717, 1.165) is 11.1 Å². The van der Waals surface area contributed by atoms with E-state index >= 15 is 0 Å². The summed E-state index contributed by atoms with van der Waals surface area (Å²) in [6.07, 6.45) is 0.419. The summed E-state index contributed by atoms with van der Waals surface area (Å²) in [5.74, 6) is -0.119. The Balaban J connectivity index is 1.49. The summed E-state index contributed by atoms with van der Waals surface area (Å²) in [5, 5.41) is 5.69. The second-order valence-electron chi connectivity index (χ2n) is 13.0. The topological polar surface area (TPSA) is 162 Å². The van der Waals surface area contributed by atoms with Gasteiger partial charge in [0.15, 0.2) is 0 Å². The molecule has 0 aliphatic heterocycles. The third-order valence-electron chi connectivity index (χ3n) is 8.18. The van der Waals surface area contributed by atoms with E-state index < -0.39 is 0 Å². The van der Waals surface area contributed by atoms with Crippen LogP contribution in [-0.2, 0) is 47.4 Å². The number of hydrogen-bond donors (Lipinski definition) is 2. The molecule has 0 spiro atoms. The molecule has 0 aliphatic carbocycles. The Labute approximate surface area is 339 Å². The molecule has 2 N–H and O–H groups in total. The lowest BCUT2D eigenvalue weighted by Gasteiger charge is -2.22. The molecule has 57 heavy (non-hydrogen) atoms. The molecule has 322 valence electrons. The van der Waals surface area contributed by atoms with Crippen molar-refractivity contribution in [3.63, 3.8) is 0 Å². The van der Waals surface area contributed by atoms with E-state index in [-0.39, 0.29) is 17.6 Å². The molecular formula is C42H67N3O12. The fraction of sp³-hybridized carbons (Fsp3) is 0.643. The van der Waals surface area contributed by atoms with E-state index in [9.17, 15) is 14.4 Å². The molecule has 2 amide bonds. The number of ketones is 1. The van der Waals surface area contributed by atoms with Gasteiger partial charge in [0.2, 0.25) is 0 Å². The van der Waals surface area contributed by atoms with Crippen LogP contribution >= 0.6 is 0 Å². The van der Waals surface area contributed by atoms with Gasteiger partial charge in [0.1, 0.15) is 5.78 Å². The van der Waals surface area contributed by atoms with Crippen LogP contribution in [-0.4, -0.2) is 174 Å². The molecule has 0 radical (unpaired) electrons. The molecule has 0 bridgehead atoms. The normalized spacial score (nSPS) is 11.3. The molecule has 0 saturated carbocycles. The van der Waals surface area contributed by atoms with Gasteiger partial charge < -0.3 is 53.3 Å². The first kappa shape index (κ1) is 49.8. The van der Waals surface area contributed by atoms with Crippen molar-refractivity contribution in [3.05, 3.63) is 70.8 Å². The van der Waals surface area contributed by atoms with Crippen LogP contribution in [0.5, 0.6) is 0 Å². The van der Waals surface area contributed by atoms with E-state index in [2.05, 4.69) is 15.5 Å². The van der Waals surface area contributed by atoms with Gasteiger partial charge in [-0.05, 0) is 45.0 Å². The van der Waals surface area contributed by atoms with E-state index in [4.69, 9.17) is 42.6 Å². The van der Waals surface area contributed by atoms with Crippen molar-refractivity contribution in [1.29, 1.82) is 0 Å². The summed E-state index contributed by atoms with van der Waals surface area (Å²) < 4.78 is 50.6. The predicted octanol–water partition coefficient (Wildman–Crippen LogP) is 2.89. The number of nitrogens with one attached hydrogen (secondary N) is 2. The minimum atomic E-state index is -0.115. The first-order valence-electron chi connectivity index (χ1n) is 20.0. The molecule has 15 nitrogen and oxygen atoms in total. The Hall–Kier alpha value is -3.35. The summed E-state index contributed by atoms with van der Waals surface area (Å²) in [6, 6.07) is 14.9. The van der Waals surface area contributed by atoms with Gasteiger partial charge in [-0.25, -0.2) is 0 Å². The minimum Gasteiger partial charge on any atom is -0.379 e. The first-order valence-corrected chi connectivity index (χ1v) is 20.0. The van der Waals surface area contributed by atoms with Crippen molar-refractivity contribution >= 4 is 17.6 Å². The molecule has 0 saturated heterocycles. The molecular weight excluding hydrogens is 738 g/mol. The number of ether oxygens (including phenoxy) is 9. The standard InChI is InChI=1S/C42H67N3O12/c1-36-4-8-39(9-5-36)41(47)43-13-19-50-25-31-56-34-28-53-22-16-45(15-21-52-27-33-55-30-24-49-18-12-38(3)46)17-23-54-29-35-57-32-26-51-20-14-44-42(48)40-10-6-37(2)7-11-40/h4-11H,12-35H2,1-3H3,(H,43,47)(H,44,48). The van der Waals surface area contributed by atoms with Gasteiger partial charge in [0.25, 0.3) is 11.8 Å². The Morgan fingerprint density at radius 1 is 0.421 bits per heavy atom. The summed E-state index contributed by atoms with van der Waals surface area (Å²) >= 11 is 0. The molecule has 2 aromatic carbocycles. The van der Waals surface area contributed by atoms with E-state index in [0.29, 0.717) is 169 Å². The predicted molar refractivity (Wildman–Crippen MR) is 216 cm³/mol. The summed E-state index contributed by atoms with van der Waals surface area (Å²) in [7, 11) is 0. The van der Waals surface area contributed by atoms with Crippen molar-refractivity contribution in [2.45, 2.75) is 27.2 Å². The smallest absolute Gasteiger partial charge is 0.251 e. The molecule has 0 fully saturated rings. The van der Waals surface area contributed by atoms with E-state index in [1.807, 2.05) is 62.4 Å². The SMILES string of the molecule is CC(=O)CCOCCOCCOCCN(CCOCCOCCOCCNC(=O)c1ccc(C)cc1)CCOCCOCCOCCNC(=O)c1ccc(C)cc1. The van der Waals surface area contributed by atoms with Crippen LogP contribution in [0, 0.1) is 13.8 Å². The average molecular weight is 806 g/mol. The second-order valence-corrected chi connectivity index (χ2v) is 13.0. The van der Waals surface area contributed by atoms with Crippen LogP contribution in [0.2, 0.25) is 0 Å². The third-order valence-corrected chi connectivity index (χ3v) is 8.18. The summed E-state index contributed by atoms with van der Waals surface area (Å²) in [6.45, 7) is 16.8. The first-order chi connectivity index (χ1) is 27.8. The number of nitrogens with zero attached hydrogens (tertiary/aromatic N) is 1. The second kappa shape index (κ2) is 34.7. The van der Waals surface area contributed by atoms with Gasteiger partial charge in [-0.3, -0.25) is 19.3 Å². The highest BCUT2D eigenvalue weighted by molar-refractivity contribution is 5.94. The highest BCUT2D eigenvalue weighted by atomic mass is 16.6. The van der Waals surface area contributed by atoms with Gasteiger partial charge in [-0.15, -0.1) is 0 Å². The van der Waals surface area contributed by atoms with E-state index in [1.54, 1.807) is 6.92 Å². The molecule has 2 rings (SSSR count). The largest absolute Gasteiger partial charge is 0.379 e. The van der Waals surface area contributed by atoms with Crippen molar-refractivity contribution < 1.29 is 57.0 Å². The van der Waals surface area contributed by atoms with Crippen LogP contribution in [0.4, 0.5) is 0 Å². The summed E-state index contributed by atoms with van der Waals surface area (Å²) in [4.78, 5) is 37.5. The van der Waals surface area contributed by atoms with Crippen LogP contribution in [0.3, 0.4) is 0 Å². The van der Waals surface area contributed by atoms with Gasteiger partial charge in [0, 0.05) is 50.3 Å². The van der Waals surface area contributed by atoms with Crippen molar-refractivity contribution in [1.82, 2.24) is 15.5 Å². The number of carbonyl (C=O) groups is 3. The maximum atomic E-state index is 12.1. The molecule has 2 aromatic rings. The lowest BCUT2D eigenvalue weighted by Crippen LogP contribution is -2.34. The number of rotatable bonds is 38. The number of benzene rings is 2. The van der Waals surface area contributed by atoms with E-state index in [1.165, 1.54) is 0 Å². The van der Waals surface area contributed by atoms with Crippen molar-refractivity contribution in [2.75, 3.05) is 152 Å². The zero-order valence-corrected chi connectivity index (χ0v) is 34.4. The lowest BCUT2D eigenvalue weighted by molar-refractivity contribution is -0.118. The molecule has 0 atom stereocenters. The molecule has 0 unspecified atom stereocenters. The molecule has 0 aliphatic rings. The Bertz CT molecular complexity index is 1220. The summed E-state index contributed by atoms with van der Waals surface area (Å²) in [5.41, 5.74) is 3.48. The average Bonchev–Trinajstić information content (AvgIpc) is 3.20. The zero-order chi connectivity index (χ0) is 41.0. The van der Waals surface area contributed by atoms with Gasteiger partial charge in [-0.2, -0.15) is 0 Å². The Kier molecular flexibility index (Phi) is 30.3. The fourth-order valence-electron chi connectivity index (χ4n) is 4.85. The lowest BCUT2D eigenvalue weighted by atomic mass is 10.1. The maximum absolute atomic E-state index is 12.1. The van der Waals surface area contributed by atoms with Gasteiger partial charge >= 0.3 is 0 Å². The quantitative estimate of drug-likeness (QED) is 0.0955. The number of Topliss-reactive ketones (excluding diaryl/α,β-unsaturated/α-hetero) is 1. The number of hydrogen-bond acceptors (Lipinski definition) is 13. The van der Waals surface area contributed by atoms with Crippen LogP contribution in [0.25, 0.3) is 0 Å². The third kappa shape index (κ3) is 28.7. The molecule has 15 heteroatoms. The highest BCUT2D eigenvalue weighted by Crippen LogP contribution is 2.03. The number of carbonyl (C=O) groups excluding carboxylic acids is 3. The maximum Gasteiger partial charge on any atom is 0.251 e. The zero-order valence-electron chi connectivity index (χ0n) is 34.4. The Morgan fingerprint density at radius 3 is 1.02 bits per heavy atom. The van der Waals surface area contributed by atoms with Crippen molar-refractivity contribution in [2.24, 2.45) is 0 Å². The highest BCUT2D eigenvalue weighted by Gasteiger charge is 2.07. The number of aryl methyl sites for hydroxylation is 2. The molecule has 0 aromatic heterocycles. The number of amides is 2. The van der Waals surface area contributed by atoms with Crippen molar-refractivity contribution in [3.8, 4) is 0 Å². The van der Waals surface area contributed by atoms with Crippen LogP contribution < -0.4 is 10.6 Å². The van der Waals surface area contributed by atoms with Gasteiger partial charge in [-0.1, -0.05) is 35.4 Å². The van der Waals surface area contributed by atoms with Gasteiger partial charge in [0.05, 0.1) is 119 Å². The fourth-order valence-corrected chi connectivity index (χ4v) is 4.85. The van der Waals surface area contributed by atoms with Crippen LogP contribution in [0.1, 0.15) is 45.2 Å².